The van der Waals surface area contributed by atoms with E-state index in [1.165, 1.54) is 5.56 Å². The summed E-state index contributed by atoms with van der Waals surface area (Å²) >= 11 is 0. The molecular weight excluding hydrogens is 286 g/mol. The highest BCUT2D eigenvalue weighted by Gasteiger charge is 2.46. The van der Waals surface area contributed by atoms with Crippen molar-refractivity contribution in [1.29, 1.82) is 0 Å². The Labute approximate surface area is 128 Å². The Morgan fingerprint density at radius 1 is 1.27 bits per heavy atom. The summed E-state index contributed by atoms with van der Waals surface area (Å²) in [5.74, 6) is -1.58. The fourth-order valence-electron chi connectivity index (χ4n) is 2.93. The Kier molecular flexibility index (Phi) is 3.95. The Morgan fingerprint density at radius 3 is 2.55 bits per heavy atom. The van der Waals surface area contributed by atoms with Crippen molar-refractivity contribution in [2.24, 2.45) is 0 Å². The number of hydrogen-bond donors (Lipinski definition) is 1. The van der Waals surface area contributed by atoms with E-state index >= 15 is 0 Å². The first-order chi connectivity index (χ1) is 10.5. The van der Waals surface area contributed by atoms with Crippen LogP contribution in [0.4, 0.5) is 8.78 Å². The first kappa shape index (κ1) is 15.1. The maximum absolute atomic E-state index is 13.9. The van der Waals surface area contributed by atoms with Crippen LogP contribution in [-0.4, -0.2) is 32.5 Å². The molecule has 0 bridgehead atoms. The highest BCUT2D eigenvalue weighted by atomic mass is 19.3. The average molecular weight is 306 g/mol. The smallest absolute Gasteiger partial charge is 0.262 e. The lowest BCUT2D eigenvalue weighted by Gasteiger charge is -2.21. The molecule has 1 saturated heterocycles. The summed E-state index contributed by atoms with van der Waals surface area (Å²) in [6.07, 6.45) is 0.749. The van der Waals surface area contributed by atoms with Gasteiger partial charge in [-0.25, -0.2) is 13.8 Å². The maximum atomic E-state index is 13.9. The van der Waals surface area contributed by atoms with Gasteiger partial charge in [0.2, 0.25) is 0 Å². The maximum Gasteiger partial charge on any atom is 0.262 e. The van der Waals surface area contributed by atoms with Crippen molar-refractivity contribution < 1.29 is 8.78 Å². The predicted octanol–water partition coefficient (Wildman–Crippen LogP) is 3.26. The number of aromatic nitrogens is 3. The zero-order valence-corrected chi connectivity index (χ0v) is 12.8. The van der Waals surface area contributed by atoms with E-state index in [0.717, 1.165) is 12.0 Å². The molecule has 0 aliphatic carbocycles. The summed E-state index contributed by atoms with van der Waals surface area (Å²) in [6, 6.07) is 7.68. The zero-order chi connectivity index (χ0) is 15.7. The highest BCUT2D eigenvalue weighted by Crippen LogP contribution is 2.40. The van der Waals surface area contributed by atoms with Gasteiger partial charge in [-0.05, 0) is 24.5 Å². The van der Waals surface area contributed by atoms with Crippen LogP contribution in [-0.2, 0) is 13.0 Å². The standard InChI is InChI=1S/C16H20F2N4/c1-3-12-4-6-13(7-5-12)9-22-10-16(17,18)8-14(22)15-19-11(2)20-21-15/h4-7,14H,3,8-10H2,1-2H3,(H,19,20,21)/t14-/m0/s1. The molecule has 0 unspecified atom stereocenters. The summed E-state index contributed by atoms with van der Waals surface area (Å²) in [4.78, 5) is 6.00. The minimum Gasteiger partial charge on any atom is -0.283 e. The van der Waals surface area contributed by atoms with Gasteiger partial charge in [-0.15, -0.1) is 0 Å². The molecule has 1 atom stereocenters. The minimum atomic E-state index is -2.69. The van der Waals surface area contributed by atoms with Crippen molar-refractivity contribution in [1.82, 2.24) is 20.1 Å². The summed E-state index contributed by atoms with van der Waals surface area (Å²) < 4.78 is 27.7. The normalized spacial score (nSPS) is 21.4. The van der Waals surface area contributed by atoms with Crippen LogP contribution in [0.3, 0.4) is 0 Å². The molecule has 0 amide bonds. The lowest BCUT2D eigenvalue weighted by molar-refractivity contribution is 0.0113. The van der Waals surface area contributed by atoms with E-state index in [0.29, 0.717) is 18.2 Å². The average Bonchev–Trinajstić information content (AvgIpc) is 3.03. The van der Waals surface area contributed by atoms with Crippen LogP contribution in [0.2, 0.25) is 0 Å². The molecule has 118 valence electrons. The van der Waals surface area contributed by atoms with Crippen LogP contribution < -0.4 is 0 Å². The van der Waals surface area contributed by atoms with Gasteiger partial charge >= 0.3 is 0 Å². The summed E-state index contributed by atoms with van der Waals surface area (Å²) in [6.45, 7) is 4.10. The Balaban J connectivity index is 1.79. The van der Waals surface area contributed by atoms with Crippen LogP contribution >= 0.6 is 0 Å². The summed E-state index contributed by atoms with van der Waals surface area (Å²) in [7, 11) is 0. The third kappa shape index (κ3) is 3.16. The number of halogens is 2. The molecule has 6 heteroatoms. The predicted molar refractivity (Wildman–Crippen MR) is 79.7 cm³/mol. The van der Waals surface area contributed by atoms with E-state index in [4.69, 9.17) is 0 Å². The van der Waals surface area contributed by atoms with E-state index < -0.39 is 12.0 Å². The molecule has 1 aliphatic rings. The Hall–Kier alpha value is -1.82. The monoisotopic (exact) mass is 306 g/mol. The van der Waals surface area contributed by atoms with Crippen molar-refractivity contribution in [3.63, 3.8) is 0 Å². The molecule has 1 aromatic carbocycles. The fraction of sp³-hybridized carbons (Fsp3) is 0.500. The Bertz CT molecular complexity index is 636. The second-order valence-electron chi connectivity index (χ2n) is 5.93. The third-order valence-corrected chi connectivity index (χ3v) is 4.10. The molecule has 4 nitrogen and oxygen atoms in total. The van der Waals surface area contributed by atoms with Crippen LogP contribution in [0, 0.1) is 6.92 Å². The zero-order valence-electron chi connectivity index (χ0n) is 12.8. The number of nitrogens with one attached hydrogen (secondary N) is 1. The first-order valence-electron chi connectivity index (χ1n) is 7.55. The van der Waals surface area contributed by atoms with Gasteiger partial charge in [-0.1, -0.05) is 31.2 Å². The minimum absolute atomic E-state index is 0.225. The molecule has 2 heterocycles. The lowest BCUT2D eigenvalue weighted by atomic mass is 10.1. The molecular formula is C16H20F2N4. The molecule has 3 rings (SSSR count). The fourth-order valence-corrected chi connectivity index (χ4v) is 2.93. The van der Waals surface area contributed by atoms with Gasteiger partial charge in [-0.2, -0.15) is 5.10 Å². The van der Waals surface area contributed by atoms with Crippen LogP contribution in [0.5, 0.6) is 0 Å². The van der Waals surface area contributed by atoms with Gasteiger partial charge in [0.25, 0.3) is 5.92 Å². The van der Waals surface area contributed by atoms with Gasteiger partial charge in [-0.3, -0.25) is 10.00 Å². The highest BCUT2D eigenvalue weighted by molar-refractivity contribution is 5.23. The van der Waals surface area contributed by atoms with Gasteiger partial charge in [0.05, 0.1) is 12.6 Å². The SMILES string of the molecule is CCc1ccc(CN2CC(F)(F)C[C@H]2c2n[nH]c(C)n2)cc1. The van der Waals surface area contributed by atoms with E-state index in [1.807, 2.05) is 12.1 Å². The molecule has 0 spiro atoms. The van der Waals surface area contributed by atoms with Crippen LogP contribution in [0.15, 0.2) is 24.3 Å². The molecule has 1 aliphatic heterocycles. The Morgan fingerprint density at radius 2 is 1.95 bits per heavy atom. The van der Waals surface area contributed by atoms with Crippen molar-refractivity contribution >= 4 is 0 Å². The van der Waals surface area contributed by atoms with Crippen molar-refractivity contribution in [2.45, 2.75) is 45.2 Å². The van der Waals surface area contributed by atoms with Gasteiger partial charge in [0, 0.05) is 13.0 Å². The number of H-pyrrole nitrogens is 1. The quantitative estimate of drug-likeness (QED) is 0.943. The van der Waals surface area contributed by atoms with E-state index in [2.05, 4.69) is 34.2 Å². The van der Waals surface area contributed by atoms with Gasteiger partial charge in [0.15, 0.2) is 5.82 Å². The topological polar surface area (TPSA) is 44.8 Å². The molecule has 1 fully saturated rings. The van der Waals surface area contributed by atoms with Crippen LogP contribution in [0.25, 0.3) is 0 Å². The lowest BCUT2D eigenvalue weighted by Crippen LogP contribution is -2.26. The molecule has 0 radical (unpaired) electrons. The number of hydrogen-bond acceptors (Lipinski definition) is 3. The summed E-state index contributed by atoms with van der Waals surface area (Å²) in [5, 5.41) is 6.81. The van der Waals surface area contributed by atoms with Crippen molar-refractivity contribution in [3.05, 3.63) is 47.0 Å². The first-order valence-corrected chi connectivity index (χ1v) is 7.55. The van der Waals surface area contributed by atoms with E-state index in [1.54, 1.807) is 11.8 Å². The van der Waals surface area contributed by atoms with E-state index in [9.17, 15) is 8.78 Å². The number of aromatic amines is 1. The molecule has 1 aromatic heterocycles. The number of rotatable bonds is 4. The van der Waals surface area contributed by atoms with Gasteiger partial charge in [0.1, 0.15) is 5.82 Å². The van der Waals surface area contributed by atoms with Crippen LogP contribution in [0.1, 0.15) is 42.2 Å². The number of likely N-dealkylation sites (tertiary alicyclic amines) is 1. The van der Waals surface area contributed by atoms with Crippen molar-refractivity contribution in [2.75, 3.05) is 6.54 Å². The second-order valence-corrected chi connectivity index (χ2v) is 5.93. The number of aryl methyl sites for hydroxylation is 2. The number of nitrogens with zero attached hydrogens (tertiary/aromatic N) is 3. The van der Waals surface area contributed by atoms with Crippen molar-refractivity contribution in [3.8, 4) is 0 Å². The molecule has 2 aromatic rings. The second kappa shape index (κ2) is 5.76. The van der Waals surface area contributed by atoms with Gasteiger partial charge < -0.3 is 0 Å². The number of alkyl halides is 2. The molecule has 1 N–H and O–H groups in total. The third-order valence-electron chi connectivity index (χ3n) is 4.10. The number of benzene rings is 1. The molecule has 22 heavy (non-hydrogen) atoms. The largest absolute Gasteiger partial charge is 0.283 e. The van der Waals surface area contributed by atoms with E-state index in [-0.39, 0.29) is 13.0 Å². The molecule has 0 saturated carbocycles. The summed E-state index contributed by atoms with van der Waals surface area (Å²) in [5.41, 5.74) is 2.28.